The van der Waals surface area contributed by atoms with E-state index in [2.05, 4.69) is 23.0 Å². The fourth-order valence-corrected chi connectivity index (χ4v) is 5.27. The third kappa shape index (κ3) is 3.75. The number of benzene rings is 2. The molecule has 0 amide bonds. The molecule has 0 unspecified atom stereocenters. The lowest BCUT2D eigenvalue weighted by Gasteiger charge is -2.12. The average molecular weight is 393 g/mol. The van der Waals surface area contributed by atoms with Crippen LogP contribution >= 0.6 is 23.5 Å². The molecule has 0 atom stereocenters. The number of unbranched alkanes of at least 4 members (excludes halogenated alkanes) is 1. The Morgan fingerprint density at radius 2 is 1.78 bits per heavy atom. The SMILES string of the molecule is CCCCSc1cnc2ccccc2c1Sc1c[nH]c2ccccc2c1=O. The third-order valence-corrected chi connectivity index (χ3v) is 6.82. The van der Waals surface area contributed by atoms with Crippen molar-refractivity contribution in [1.82, 2.24) is 9.97 Å². The molecule has 136 valence electrons. The molecule has 0 saturated carbocycles. The number of para-hydroxylation sites is 2. The standard InChI is InChI=1S/C22H20N2OS2/c1-2-3-12-26-20-14-24-18-11-7-5-9-16(18)22(20)27-19-13-23-17-10-6-4-8-15(17)21(19)25/h4-11,13-14H,2-3,12H2,1H3,(H,23,25). The van der Waals surface area contributed by atoms with E-state index in [9.17, 15) is 4.79 Å². The third-order valence-electron chi connectivity index (χ3n) is 4.42. The van der Waals surface area contributed by atoms with Crippen LogP contribution in [0.4, 0.5) is 0 Å². The monoisotopic (exact) mass is 392 g/mol. The summed E-state index contributed by atoms with van der Waals surface area (Å²) in [5.41, 5.74) is 1.89. The molecular formula is C22H20N2OS2. The maximum absolute atomic E-state index is 13.0. The Morgan fingerprint density at radius 3 is 2.63 bits per heavy atom. The van der Waals surface area contributed by atoms with Gasteiger partial charge < -0.3 is 4.98 Å². The summed E-state index contributed by atoms with van der Waals surface area (Å²) < 4.78 is 0. The van der Waals surface area contributed by atoms with Crippen LogP contribution in [-0.4, -0.2) is 15.7 Å². The molecule has 3 nitrogen and oxygen atoms in total. The van der Waals surface area contributed by atoms with Gasteiger partial charge in [0.25, 0.3) is 0 Å². The van der Waals surface area contributed by atoms with Crippen LogP contribution in [-0.2, 0) is 0 Å². The van der Waals surface area contributed by atoms with Crippen LogP contribution in [0.5, 0.6) is 0 Å². The van der Waals surface area contributed by atoms with Gasteiger partial charge in [0.1, 0.15) is 0 Å². The van der Waals surface area contributed by atoms with Gasteiger partial charge in [0.15, 0.2) is 0 Å². The van der Waals surface area contributed by atoms with E-state index in [1.165, 1.54) is 18.2 Å². The Balaban J connectivity index is 1.81. The van der Waals surface area contributed by atoms with Crippen molar-refractivity contribution in [3.63, 3.8) is 0 Å². The highest BCUT2D eigenvalue weighted by Gasteiger charge is 2.14. The van der Waals surface area contributed by atoms with E-state index >= 15 is 0 Å². The molecule has 0 fully saturated rings. The Labute approximate surface area is 166 Å². The van der Waals surface area contributed by atoms with E-state index in [4.69, 9.17) is 0 Å². The number of rotatable bonds is 6. The molecule has 2 aromatic carbocycles. The highest BCUT2D eigenvalue weighted by atomic mass is 32.2. The quantitative estimate of drug-likeness (QED) is 0.317. The van der Waals surface area contributed by atoms with Crippen molar-refractivity contribution >= 4 is 45.3 Å². The minimum atomic E-state index is 0.0692. The molecule has 0 bridgehead atoms. The highest BCUT2D eigenvalue weighted by molar-refractivity contribution is 8.02. The summed E-state index contributed by atoms with van der Waals surface area (Å²) in [7, 11) is 0. The van der Waals surface area contributed by atoms with Crippen molar-refractivity contribution in [1.29, 1.82) is 0 Å². The fourth-order valence-electron chi connectivity index (χ4n) is 2.97. The lowest BCUT2D eigenvalue weighted by Crippen LogP contribution is -2.05. The normalized spacial score (nSPS) is 11.3. The zero-order chi connectivity index (χ0) is 18.6. The molecule has 4 aromatic rings. The van der Waals surface area contributed by atoms with Gasteiger partial charge >= 0.3 is 0 Å². The summed E-state index contributed by atoms with van der Waals surface area (Å²) in [6.07, 6.45) is 6.10. The number of thioether (sulfide) groups is 1. The van der Waals surface area contributed by atoms with Crippen molar-refractivity contribution < 1.29 is 0 Å². The summed E-state index contributed by atoms with van der Waals surface area (Å²) in [6, 6.07) is 15.8. The number of nitrogens with one attached hydrogen (secondary N) is 1. The van der Waals surface area contributed by atoms with Gasteiger partial charge in [-0.05, 0) is 30.4 Å². The van der Waals surface area contributed by atoms with E-state index in [1.807, 2.05) is 66.6 Å². The molecule has 2 aromatic heterocycles. The second-order valence-corrected chi connectivity index (χ2v) is 8.49. The van der Waals surface area contributed by atoms with Crippen molar-refractivity contribution in [2.45, 2.75) is 34.5 Å². The summed E-state index contributed by atoms with van der Waals surface area (Å²) in [4.78, 5) is 23.8. The predicted molar refractivity (Wildman–Crippen MR) is 116 cm³/mol. The van der Waals surface area contributed by atoms with E-state index in [-0.39, 0.29) is 5.43 Å². The first-order valence-electron chi connectivity index (χ1n) is 9.06. The predicted octanol–water partition coefficient (Wildman–Crippen LogP) is 6.12. The van der Waals surface area contributed by atoms with Crippen molar-refractivity contribution in [3.05, 3.63) is 71.1 Å². The molecular weight excluding hydrogens is 372 g/mol. The zero-order valence-corrected chi connectivity index (χ0v) is 16.7. The first kappa shape index (κ1) is 18.1. The van der Waals surface area contributed by atoms with Crippen molar-refractivity contribution in [3.8, 4) is 0 Å². The lowest BCUT2D eigenvalue weighted by molar-refractivity contribution is 0.895. The fraction of sp³-hybridized carbons (Fsp3) is 0.182. The van der Waals surface area contributed by atoms with Gasteiger partial charge in [0.2, 0.25) is 5.43 Å². The number of hydrogen-bond acceptors (Lipinski definition) is 4. The molecule has 0 aliphatic carbocycles. The Bertz CT molecular complexity index is 1150. The van der Waals surface area contributed by atoms with Gasteiger partial charge in [-0.1, -0.05) is 55.4 Å². The van der Waals surface area contributed by atoms with Gasteiger partial charge in [-0.3, -0.25) is 9.78 Å². The summed E-state index contributed by atoms with van der Waals surface area (Å²) in [5, 5.41) is 1.82. The number of nitrogens with zero attached hydrogens (tertiary/aromatic N) is 1. The van der Waals surface area contributed by atoms with Crippen LogP contribution in [0.2, 0.25) is 0 Å². The summed E-state index contributed by atoms with van der Waals surface area (Å²) >= 11 is 3.36. The highest BCUT2D eigenvalue weighted by Crippen LogP contribution is 2.39. The van der Waals surface area contributed by atoms with Crippen LogP contribution in [0.15, 0.2) is 80.4 Å². The van der Waals surface area contributed by atoms with Gasteiger partial charge in [-0.2, -0.15) is 0 Å². The van der Waals surface area contributed by atoms with Gasteiger partial charge in [-0.25, -0.2) is 0 Å². The van der Waals surface area contributed by atoms with Gasteiger partial charge in [0, 0.05) is 38.5 Å². The van der Waals surface area contributed by atoms with E-state index in [0.29, 0.717) is 4.90 Å². The number of pyridine rings is 2. The second-order valence-electron chi connectivity index (χ2n) is 6.30. The first-order chi connectivity index (χ1) is 13.3. The van der Waals surface area contributed by atoms with Crippen LogP contribution in [0.1, 0.15) is 19.8 Å². The number of aromatic amines is 1. The molecule has 4 rings (SSSR count). The van der Waals surface area contributed by atoms with E-state index in [1.54, 1.807) is 0 Å². The minimum Gasteiger partial charge on any atom is -0.360 e. The van der Waals surface area contributed by atoms with Gasteiger partial charge in [0.05, 0.1) is 10.4 Å². The maximum atomic E-state index is 13.0. The van der Waals surface area contributed by atoms with Crippen molar-refractivity contribution in [2.75, 3.05) is 5.75 Å². The number of aromatic nitrogens is 2. The number of fused-ring (bicyclic) bond motifs is 2. The van der Waals surface area contributed by atoms with Crippen LogP contribution in [0, 0.1) is 0 Å². The molecule has 2 heterocycles. The average Bonchev–Trinajstić information content (AvgIpc) is 2.71. The largest absolute Gasteiger partial charge is 0.360 e. The molecule has 5 heteroatoms. The molecule has 0 saturated heterocycles. The second kappa shape index (κ2) is 8.19. The minimum absolute atomic E-state index is 0.0692. The molecule has 1 N–H and O–H groups in total. The lowest BCUT2D eigenvalue weighted by atomic mass is 10.2. The van der Waals surface area contributed by atoms with Crippen LogP contribution < -0.4 is 5.43 Å². The molecule has 0 spiro atoms. The van der Waals surface area contributed by atoms with Crippen molar-refractivity contribution in [2.24, 2.45) is 0 Å². The van der Waals surface area contributed by atoms with Crippen LogP contribution in [0.3, 0.4) is 0 Å². The van der Waals surface area contributed by atoms with Gasteiger partial charge in [-0.15, -0.1) is 11.8 Å². The maximum Gasteiger partial charge on any atom is 0.203 e. The molecule has 0 radical (unpaired) electrons. The topological polar surface area (TPSA) is 45.8 Å². The first-order valence-corrected chi connectivity index (χ1v) is 10.9. The zero-order valence-electron chi connectivity index (χ0n) is 15.1. The Morgan fingerprint density at radius 1 is 1.00 bits per heavy atom. The number of hydrogen-bond donors (Lipinski definition) is 1. The number of H-pyrrole nitrogens is 1. The Kier molecular flexibility index (Phi) is 5.50. The van der Waals surface area contributed by atoms with E-state index < -0.39 is 0 Å². The summed E-state index contributed by atoms with van der Waals surface area (Å²) in [6.45, 7) is 2.20. The molecule has 0 aliphatic rings. The molecule has 27 heavy (non-hydrogen) atoms. The van der Waals surface area contributed by atoms with E-state index in [0.717, 1.165) is 43.8 Å². The summed E-state index contributed by atoms with van der Waals surface area (Å²) in [5.74, 6) is 1.05. The van der Waals surface area contributed by atoms with Crippen LogP contribution in [0.25, 0.3) is 21.8 Å². The Hall–Kier alpha value is -2.24. The smallest absolute Gasteiger partial charge is 0.203 e. The molecule has 0 aliphatic heterocycles.